The zero-order valence-corrected chi connectivity index (χ0v) is 14.1. The number of benzene rings is 1. The van der Waals surface area contributed by atoms with E-state index < -0.39 is 40.6 Å². The highest BCUT2D eigenvalue weighted by Gasteiger charge is 2.32. The third kappa shape index (κ3) is 3.50. The SMILES string of the molecule is CCOC(=O)c1nc(Cl)nc(-c2cc(F)c(F)cc2F)c1C1OCCO1. The molecular formula is C16H12ClF3N2O4. The molecule has 1 aliphatic heterocycles. The van der Waals surface area contributed by atoms with Gasteiger partial charge in [-0.2, -0.15) is 0 Å². The average Bonchev–Trinajstić information content (AvgIpc) is 3.11. The summed E-state index contributed by atoms with van der Waals surface area (Å²) >= 11 is 5.84. The first-order chi connectivity index (χ1) is 12.4. The summed E-state index contributed by atoms with van der Waals surface area (Å²) in [4.78, 5) is 20.0. The monoisotopic (exact) mass is 388 g/mol. The molecule has 0 N–H and O–H groups in total. The van der Waals surface area contributed by atoms with E-state index in [1.807, 2.05) is 0 Å². The molecule has 3 rings (SSSR count). The van der Waals surface area contributed by atoms with Gasteiger partial charge in [-0.25, -0.2) is 27.9 Å². The Balaban J connectivity index is 2.27. The van der Waals surface area contributed by atoms with E-state index in [1.54, 1.807) is 6.92 Å². The second kappa shape index (κ2) is 7.56. The molecule has 0 aliphatic carbocycles. The van der Waals surface area contributed by atoms with Crippen molar-refractivity contribution in [2.24, 2.45) is 0 Å². The molecule has 0 radical (unpaired) electrons. The fourth-order valence-corrected chi connectivity index (χ4v) is 2.62. The van der Waals surface area contributed by atoms with Crippen LogP contribution in [0.4, 0.5) is 13.2 Å². The molecule has 1 aliphatic rings. The van der Waals surface area contributed by atoms with Crippen molar-refractivity contribution in [3.8, 4) is 11.3 Å². The summed E-state index contributed by atoms with van der Waals surface area (Å²) in [7, 11) is 0. The lowest BCUT2D eigenvalue weighted by atomic mass is 10.0. The molecule has 0 unspecified atom stereocenters. The molecule has 0 saturated carbocycles. The highest BCUT2D eigenvalue weighted by molar-refractivity contribution is 6.28. The Bertz CT molecular complexity index is 860. The Morgan fingerprint density at radius 1 is 1.19 bits per heavy atom. The minimum absolute atomic E-state index is 0.0428. The quantitative estimate of drug-likeness (QED) is 0.454. The summed E-state index contributed by atoms with van der Waals surface area (Å²) in [5.41, 5.74) is -1.06. The van der Waals surface area contributed by atoms with Crippen LogP contribution in [0.1, 0.15) is 29.3 Å². The number of rotatable bonds is 4. The second-order valence-corrected chi connectivity index (χ2v) is 5.48. The zero-order chi connectivity index (χ0) is 18.8. The summed E-state index contributed by atoms with van der Waals surface area (Å²) in [6, 6.07) is 0.974. The number of carbonyl (C=O) groups excluding carboxylic acids is 1. The summed E-state index contributed by atoms with van der Waals surface area (Å²) in [6.45, 7) is 2.03. The lowest BCUT2D eigenvalue weighted by Crippen LogP contribution is -2.17. The van der Waals surface area contributed by atoms with E-state index in [9.17, 15) is 18.0 Å². The molecule has 2 heterocycles. The van der Waals surface area contributed by atoms with Gasteiger partial charge in [0.05, 0.1) is 31.1 Å². The van der Waals surface area contributed by atoms with E-state index in [2.05, 4.69) is 9.97 Å². The van der Waals surface area contributed by atoms with E-state index in [1.165, 1.54) is 0 Å². The molecule has 1 aromatic carbocycles. The number of halogens is 4. The molecule has 0 bridgehead atoms. The molecule has 0 atom stereocenters. The van der Waals surface area contributed by atoms with Crippen LogP contribution in [-0.2, 0) is 14.2 Å². The molecule has 10 heteroatoms. The van der Waals surface area contributed by atoms with Gasteiger partial charge in [0.2, 0.25) is 5.28 Å². The lowest BCUT2D eigenvalue weighted by Gasteiger charge is -2.17. The van der Waals surface area contributed by atoms with Crippen LogP contribution < -0.4 is 0 Å². The number of ether oxygens (including phenoxy) is 3. The van der Waals surface area contributed by atoms with Gasteiger partial charge in [-0.1, -0.05) is 0 Å². The normalized spacial score (nSPS) is 14.7. The fraction of sp³-hybridized carbons (Fsp3) is 0.312. The zero-order valence-electron chi connectivity index (χ0n) is 13.4. The van der Waals surface area contributed by atoms with Crippen molar-refractivity contribution in [3.63, 3.8) is 0 Å². The summed E-state index contributed by atoms with van der Waals surface area (Å²) in [6.07, 6.45) is -1.12. The van der Waals surface area contributed by atoms with Gasteiger partial charge in [-0.15, -0.1) is 0 Å². The second-order valence-electron chi connectivity index (χ2n) is 5.14. The predicted octanol–water partition coefficient (Wildman–Crippen LogP) is 3.44. The Hall–Kier alpha value is -2.23. The third-order valence-electron chi connectivity index (χ3n) is 3.51. The standard InChI is InChI=1S/C16H12ClF3N2O4/c1-2-24-14(23)13-11(15-25-3-4-26-15)12(21-16(17)22-13)7-5-9(19)10(20)6-8(7)18/h5-6,15H,2-4H2,1H3. The Labute approximate surface area is 150 Å². The lowest BCUT2D eigenvalue weighted by molar-refractivity contribution is -0.0450. The molecule has 0 spiro atoms. The summed E-state index contributed by atoms with van der Waals surface area (Å²) < 4.78 is 56.9. The molecule has 1 saturated heterocycles. The molecule has 1 fully saturated rings. The van der Waals surface area contributed by atoms with Crippen LogP contribution >= 0.6 is 11.6 Å². The molecule has 138 valence electrons. The number of hydrogen-bond donors (Lipinski definition) is 0. The van der Waals surface area contributed by atoms with Gasteiger partial charge >= 0.3 is 5.97 Å². The largest absolute Gasteiger partial charge is 0.461 e. The van der Waals surface area contributed by atoms with Gasteiger partial charge in [-0.05, 0) is 24.6 Å². The first kappa shape index (κ1) is 18.6. The number of esters is 1. The third-order valence-corrected chi connectivity index (χ3v) is 3.68. The Morgan fingerprint density at radius 3 is 2.50 bits per heavy atom. The number of aromatic nitrogens is 2. The van der Waals surface area contributed by atoms with Crippen LogP contribution in [0.25, 0.3) is 11.3 Å². The average molecular weight is 389 g/mol. The van der Waals surface area contributed by atoms with E-state index in [0.29, 0.717) is 12.1 Å². The summed E-state index contributed by atoms with van der Waals surface area (Å²) in [5.74, 6) is -4.64. The van der Waals surface area contributed by atoms with Gasteiger partial charge in [0, 0.05) is 11.6 Å². The minimum atomic E-state index is -1.37. The Morgan fingerprint density at radius 2 is 1.85 bits per heavy atom. The van der Waals surface area contributed by atoms with Crippen molar-refractivity contribution in [1.82, 2.24) is 9.97 Å². The van der Waals surface area contributed by atoms with Crippen LogP contribution in [0.5, 0.6) is 0 Å². The topological polar surface area (TPSA) is 70.5 Å². The van der Waals surface area contributed by atoms with E-state index >= 15 is 0 Å². The van der Waals surface area contributed by atoms with E-state index in [-0.39, 0.29) is 36.8 Å². The maximum Gasteiger partial charge on any atom is 0.357 e. The predicted molar refractivity (Wildman–Crippen MR) is 83.0 cm³/mol. The Kier molecular flexibility index (Phi) is 5.40. The van der Waals surface area contributed by atoms with Crippen LogP contribution in [-0.4, -0.2) is 35.8 Å². The molecule has 26 heavy (non-hydrogen) atoms. The van der Waals surface area contributed by atoms with Crippen molar-refractivity contribution in [3.05, 3.63) is 46.1 Å². The van der Waals surface area contributed by atoms with Crippen LogP contribution in [0, 0.1) is 17.5 Å². The van der Waals surface area contributed by atoms with Crippen molar-refractivity contribution < 1.29 is 32.2 Å². The van der Waals surface area contributed by atoms with Crippen molar-refractivity contribution in [2.45, 2.75) is 13.2 Å². The molecule has 6 nitrogen and oxygen atoms in total. The first-order valence-corrected chi connectivity index (χ1v) is 7.92. The number of carbonyl (C=O) groups is 1. The van der Waals surface area contributed by atoms with Crippen molar-refractivity contribution >= 4 is 17.6 Å². The number of hydrogen-bond acceptors (Lipinski definition) is 6. The van der Waals surface area contributed by atoms with Gasteiger partial charge < -0.3 is 14.2 Å². The maximum absolute atomic E-state index is 14.3. The summed E-state index contributed by atoms with van der Waals surface area (Å²) in [5, 5.41) is -0.408. The van der Waals surface area contributed by atoms with Crippen LogP contribution in [0.2, 0.25) is 5.28 Å². The fourth-order valence-electron chi connectivity index (χ4n) is 2.45. The highest BCUT2D eigenvalue weighted by Crippen LogP contribution is 2.36. The maximum atomic E-state index is 14.3. The van der Waals surface area contributed by atoms with Crippen molar-refractivity contribution in [2.75, 3.05) is 19.8 Å². The van der Waals surface area contributed by atoms with E-state index in [0.717, 1.165) is 0 Å². The van der Waals surface area contributed by atoms with Crippen LogP contribution in [0.3, 0.4) is 0 Å². The molecular weight excluding hydrogens is 377 g/mol. The molecule has 1 aromatic heterocycles. The van der Waals surface area contributed by atoms with Gasteiger partial charge in [0.15, 0.2) is 23.6 Å². The van der Waals surface area contributed by atoms with E-state index in [4.69, 9.17) is 25.8 Å². The van der Waals surface area contributed by atoms with Gasteiger partial charge in [-0.3, -0.25) is 0 Å². The highest BCUT2D eigenvalue weighted by atomic mass is 35.5. The first-order valence-electron chi connectivity index (χ1n) is 7.55. The van der Waals surface area contributed by atoms with Gasteiger partial charge in [0.1, 0.15) is 5.82 Å². The molecule has 0 amide bonds. The van der Waals surface area contributed by atoms with Crippen LogP contribution in [0.15, 0.2) is 12.1 Å². The smallest absolute Gasteiger partial charge is 0.357 e. The van der Waals surface area contributed by atoms with Crippen molar-refractivity contribution in [1.29, 1.82) is 0 Å². The number of nitrogens with zero attached hydrogens (tertiary/aromatic N) is 2. The molecule has 2 aromatic rings. The minimum Gasteiger partial charge on any atom is -0.461 e. The van der Waals surface area contributed by atoms with Gasteiger partial charge in [0.25, 0.3) is 0 Å².